The first-order valence-corrected chi connectivity index (χ1v) is 9.60. The molecule has 0 saturated heterocycles. The molecule has 0 radical (unpaired) electrons. The van der Waals surface area contributed by atoms with Gasteiger partial charge in [-0.2, -0.15) is 0 Å². The van der Waals surface area contributed by atoms with Crippen molar-refractivity contribution in [3.8, 4) is 5.75 Å². The van der Waals surface area contributed by atoms with Crippen LogP contribution in [0.2, 0.25) is 0 Å². The highest BCUT2D eigenvalue weighted by Gasteiger charge is 2.20. The lowest BCUT2D eigenvalue weighted by Gasteiger charge is -2.25. The van der Waals surface area contributed by atoms with Gasteiger partial charge in [-0.3, -0.25) is 4.79 Å². The average molecular weight is 379 g/mol. The van der Waals surface area contributed by atoms with Crippen molar-refractivity contribution in [1.82, 2.24) is 10.6 Å². The average Bonchev–Trinajstić information content (AvgIpc) is 2.55. The molecule has 27 heavy (non-hydrogen) atoms. The maximum Gasteiger partial charge on any atom is 0.407 e. The van der Waals surface area contributed by atoms with Crippen LogP contribution in [0.15, 0.2) is 30.3 Å². The minimum absolute atomic E-state index is 0.0496. The Kier molecular flexibility index (Phi) is 9.68. The van der Waals surface area contributed by atoms with Gasteiger partial charge in [0.1, 0.15) is 11.4 Å². The lowest BCUT2D eigenvalue weighted by Crippen LogP contribution is -2.46. The molecule has 1 rings (SSSR count). The maximum atomic E-state index is 12.0. The molecule has 0 spiro atoms. The van der Waals surface area contributed by atoms with Crippen LogP contribution in [0.5, 0.6) is 5.75 Å². The number of rotatable bonds is 10. The van der Waals surface area contributed by atoms with Crippen molar-refractivity contribution in [3.63, 3.8) is 0 Å². The highest BCUT2D eigenvalue weighted by atomic mass is 16.6. The first-order chi connectivity index (χ1) is 12.7. The number of ether oxygens (including phenoxy) is 2. The second-order valence-electron chi connectivity index (χ2n) is 8.04. The van der Waals surface area contributed by atoms with Gasteiger partial charge in [0, 0.05) is 19.0 Å². The molecule has 0 aliphatic rings. The Morgan fingerprint density at radius 2 is 1.78 bits per heavy atom. The Bertz CT molecular complexity index is 567. The quantitative estimate of drug-likeness (QED) is 0.605. The van der Waals surface area contributed by atoms with E-state index in [1.165, 1.54) is 0 Å². The second-order valence-corrected chi connectivity index (χ2v) is 8.04. The zero-order valence-electron chi connectivity index (χ0n) is 17.2. The summed E-state index contributed by atoms with van der Waals surface area (Å²) in [7, 11) is 0. The fourth-order valence-electron chi connectivity index (χ4n) is 2.50. The third kappa shape index (κ3) is 11.9. The minimum atomic E-state index is -0.547. The van der Waals surface area contributed by atoms with E-state index in [0.717, 1.165) is 12.2 Å². The lowest BCUT2D eigenvalue weighted by atomic mass is 10.0. The summed E-state index contributed by atoms with van der Waals surface area (Å²) in [6.07, 6.45) is 1.32. The predicted molar refractivity (Wildman–Crippen MR) is 107 cm³/mol. The normalized spacial score (nSPS) is 12.4. The zero-order chi connectivity index (χ0) is 20.3. The topological polar surface area (TPSA) is 76.7 Å². The van der Waals surface area contributed by atoms with Crippen LogP contribution in [0.3, 0.4) is 0 Å². The van der Waals surface area contributed by atoms with Crippen LogP contribution >= 0.6 is 0 Å². The van der Waals surface area contributed by atoms with Crippen LogP contribution in [-0.2, 0) is 9.53 Å². The zero-order valence-corrected chi connectivity index (χ0v) is 17.2. The number of alkyl carbamates (subject to hydrolysis) is 1. The molecule has 6 nitrogen and oxygen atoms in total. The minimum Gasteiger partial charge on any atom is -0.494 e. The number of para-hydroxylation sites is 1. The van der Waals surface area contributed by atoms with Crippen molar-refractivity contribution in [2.75, 3.05) is 13.2 Å². The van der Waals surface area contributed by atoms with E-state index >= 15 is 0 Å². The van der Waals surface area contributed by atoms with Gasteiger partial charge in [-0.15, -0.1) is 0 Å². The first-order valence-electron chi connectivity index (χ1n) is 9.60. The molecule has 1 atom stereocenters. The summed E-state index contributed by atoms with van der Waals surface area (Å²) in [6.45, 7) is 10.5. The van der Waals surface area contributed by atoms with Gasteiger partial charge in [-0.25, -0.2) is 4.79 Å². The SMILES string of the molecule is CC(C)C[C@@H](CNC(=O)CCCOc1ccccc1)NC(=O)OC(C)(C)C. The first kappa shape index (κ1) is 22.8. The number of hydrogen-bond acceptors (Lipinski definition) is 4. The molecule has 152 valence electrons. The number of amides is 2. The fraction of sp³-hybridized carbons (Fsp3) is 0.619. The van der Waals surface area contributed by atoms with Crippen molar-refractivity contribution in [1.29, 1.82) is 0 Å². The summed E-state index contributed by atoms with van der Waals surface area (Å²) >= 11 is 0. The molecular formula is C21H34N2O4. The van der Waals surface area contributed by atoms with Crippen LogP contribution < -0.4 is 15.4 Å². The molecule has 0 aliphatic carbocycles. The fourth-order valence-corrected chi connectivity index (χ4v) is 2.50. The van der Waals surface area contributed by atoms with E-state index in [-0.39, 0.29) is 11.9 Å². The molecule has 0 fully saturated rings. The Balaban J connectivity index is 2.31. The van der Waals surface area contributed by atoms with Crippen LogP contribution in [0.4, 0.5) is 4.79 Å². The van der Waals surface area contributed by atoms with Gasteiger partial charge >= 0.3 is 6.09 Å². The number of carbonyl (C=O) groups excluding carboxylic acids is 2. The summed E-state index contributed by atoms with van der Waals surface area (Å²) in [5.41, 5.74) is -0.547. The van der Waals surface area contributed by atoms with E-state index in [2.05, 4.69) is 24.5 Å². The molecule has 6 heteroatoms. The Labute approximate surface area is 163 Å². The highest BCUT2D eigenvalue weighted by Crippen LogP contribution is 2.10. The number of nitrogens with one attached hydrogen (secondary N) is 2. The van der Waals surface area contributed by atoms with Crippen molar-refractivity contribution in [3.05, 3.63) is 30.3 Å². The van der Waals surface area contributed by atoms with Gasteiger partial charge in [-0.05, 0) is 51.7 Å². The van der Waals surface area contributed by atoms with Crippen LogP contribution in [0.25, 0.3) is 0 Å². The van der Waals surface area contributed by atoms with Crippen molar-refractivity contribution < 1.29 is 19.1 Å². The van der Waals surface area contributed by atoms with Gasteiger partial charge in [0.15, 0.2) is 0 Å². The molecule has 0 saturated carbocycles. The summed E-state index contributed by atoms with van der Waals surface area (Å²) < 4.78 is 10.9. The van der Waals surface area contributed by atoms with E-state index in [0.29, 0.717) is 31.9 Å². The Morgan fingerprint density at radius 1 is 1.11 bits per heavy atom. The van der Waals surface area contributed by atoms with E-state index in [1.807, 2.05) is 51.1 Å². The van der Waals surface area contributed by atoms with Crippen LogP contribution in [0, 0.1) is 5.92 Å². The van der Waals surface area contributed by atoms with Crippen LogP contribution in [-0.4, -0.2) is 36.8 Å². The number of carbonyl (C=O) groups is 2. The van der Waals surface area contributed by atoms with Gasteiger partial charge < -0.3 is 20.1 Å². The molecule has 0 unspecified atom stereocenters. The molecule has 2 amide bonds. The van der Waals surface area contributed by atoms with Gasteiger partial charge in [-0.1, -0.05) is 32.0 Å². The van der Waals surface area contributed by atoms with Crippen molar-refractivity contribution in [2.24, 2.45) is 5.92 Å². The summed E-state index contributed by atoms with van der Waals surface area (Å²) in [4.78, 5) is 24.0. The molecule has 0 heterocycles. The Morgan fingerprint density at radius 3 is 2.37 bits per heavy atom. The van der Waals surface area contributed by atoms with Gasteiger partial charge in [0.25, 0.3) is 0 Å². The molecule has 1 aromatic rings. The third-order valence-corrected chi connectivity index (χ3v) is 3.58. The standard InChI is InChI=1S/C21H34N2O4/c1-16(2)14-17(23-20(25)27-21(3,4)5)15-22-19(24)12-9-13-26-18-10-7-6-8-11-18/h6-8,10-11,16-17H,9,12-15H2,1-5H3,(H,22,24)(H,23,25)/t17-/m0/s1. The highest BCUT2D eigenvalue weighted by molar-refractivity contribution is 5.76. The smallest absolute Gasteiger partial charge is 0.407 e. The van der Waals surface area contributed by atoms with Crippen molar-refractivity contribution in [2.45, 2.75) is 65.5 Å². The number of hydrogen-bond donors (Lipinski definition) is 2. The summed E-state index contributed by atoms with van der Waals surface area (Å²) in [5.74, 6) is 1.14. The second kappa shape index (κ2) is 11.5. The summed E-state index contributed by atoms with van der Waals surface area (Å²) in [6, 6.07) is 9.37. The maximum absolute atomic E-state index is 12.0. The Hall–Kier alpha value is -2.24. The molecular weight excluding hydrogens is 344 g/mol. The molecule has 0 bridgehead atoms. The molecule has 0 aromatic heterocycles. The number of benzene rings is 1. The summed E-state index contributed by atoms with van der Waals surface area (Å²) in [5, 5.41) is 5.74. The van der Waals surface area contributed by atoms with E-state index in [4.69, 9.17) is 9.47 Å². The van der Waals surface area contributed by atoms with Gasteiger partial charge in [0.05, 0.1) is 6.61 Å². The van der Waals surface area contributed by atoms with E-state index < -0.39 is 11.7 Å². The van der Waals surface area contributed by atoms with Crippen LogP contribution in [0.1, 0.15) is 53.9 Å². The molecule has 2 N–H and O–H groups in total. The van der Waals surface area contributed by atoms with E-state index in [9.17, 15) is 9.59 Å². The van der Waals surface area contributed by atoms with Crippen molar-refractivity contribution >= 4 is 12.0 Å². The lowest BCUT2D eigenvalue weighted by molar-refractivity contribution is -0.121. The predicted octanol–water partition coefficient (Wildman–Crippen LogP) is 3.90. The molecule has 1 aromatic carbocycles. The molecule has 0 aliphatic heterocycles. The largest absolute Gasteiger partial charge is 0.494 e. The monoisotopic (exact) mass is 378 g/mol. The van der Waals surface area contributed by atoms with E-state index in [1.54, 1.807) is 0 Å². The third-order valence-electron chi connectivity index (χ3n) is 3.58. The van der Waals surface area contributed by atoms with Gasteiger partial charge in [0.2, 0.25) is 5.91 Å².